The minimum atomic E-state index is -0.460. The molecule has 1 fully saturated rings. The van der Waals surface area contributed by atoms with Gasteiger partial charge < -0.3 is 25.8 Å². The standard InChI is InChI=1S/C36H36Cl2N6O4/c1-21(45)16-39-17-23-9-11-30(43-35(23)48-2)29-8-4-7-28(34(29)38)27-6-3-5-26(33(27)37)22-13-14-44-31(15-22)41-19-24(36(44)47)18-40-20-25-10-12-32(46)42-25/h3-9,11,13-15,19,21,25,39-40,45H,10,12,16-18,20H2,1-2H3,(H,42,46)/t21-,25+/m0/s1. The van der Waals surface area contributed by atoms with Crippen molar-refractivity contribution >= 4 is 34.8 Å². The van der Waals surface area contributed by atoms with Crippen LogP contribution in [0, 0.1) is 0 Å². The van der Waals surface area contributed by atoms with E-state index in [0.29, 0.717) is 65.4 Å². The van der Waals surface area contributed by atoms with Gasteiger partial charge in [-0.3, -0.25) is 14.0 Å². The summed E-state index contributed by atoms with van der Waals surface area (Å²) in [6.07, 6.45) is 4.16. The molecule has 0 spiro atoms. The molecule has 0 unspecified atom stereocenters. The number of ether oxygens (including phenoxy) is 1. The summed E-state index contributed by atoms with van der Waals surface area (Å²) in [5.41, 5.74) is 6.17. The normalized spacial score (nSPS) is 15.1. The van der Waals surface area contributed by atoms with Crippen molar-refractivity contribution in [3.05, 3.63) is 105 Å². The quantitative estimate of drug-likeness (QED) is 0.140. The lowest BCUT2D eigenvalue weighted by molar-refractivity contribution is -0.119. The number of fused-ring (bicyclic) bond motifs is 1. The number of hydrogen-bond acceptors (Lipinski definition) is 8. The number of nitrogens with zero attached hydrogens (tertiary/aromatic N) is 3. The maximum Gasteiger partial charge on any atom is 0.262 e. The van der Waals surface area contributed by atoms with E-state index in [1.165, 1.54) is 4.40 Å². The van der Waals surface area contributed by atoms with E-state index in [1.807, 2.05) is 60.7 Å². The molecule has 2 atom stereocenters. The fraction of sp³-hybridized carbons (Fsp3) is 0.278. The lowest BCUT2D eigenvalue weighted by Gasteiger charge is -2.15. The molecule has 0 saturated carbocycles. The van der Waals surface area contributed by atoms with Crippen molar-refractivity contribution in [1.82, 2.24) is 30.3 Å². The first-order chi connectivity index (χ1) is 23.2. The van der Waals surface area contributed by atoms with Gasteiger partial charge >= 0.3 is 0 Å². The van der Waals surface area contributed by atoms with Crippen molar-refractivity contribution in [3.8, 4) is 39.4 Å². The molecule has 0 bridgehead atoms. The molecule has 6 rings (SSSR count). The Hall–Kier alpha value is -4.32. The van der Waals surface area contributed by atoms with Gasteiger partial charge in [-0.05, 0) is 37.1 Å². The van der Waals surface area contributed by atoms with Gasteiger partial charge in [0.15, 0.2) is 0 Å². The van der Waals surface area contributed by atoms with Gasteiger partial charge in [0.25, 0.3) is 5.56 Å². The number of aromatic nitrogens is 3. The highest BCUT2D eigenvalue weighted by molar-refractivity contribution is 6.39. The van der Waals surface area contributed by atoms with E-state index in [-0.39, 0.29) is 17.5 Å². The number of aliphatic hydroxyl groups is 1. The molecule has 4 heterocycles. The van der Waals surface area contributed by atoms with Crippen molar-refractivity contribution in [2.24, 2.45) is 0 Å². The molecule has 10 nitrogen and oxygen atoms in total. The summed E-state index contributed by atoms with van der Waals surface area (Å²) >= 11 is 14.1. The van der Waals surface area contributed by atoms with Crippen LogP contribution in [0.3, 0.4) is 0 Å². The topological polar surface area (TPSA) is 130 Å². The first-order valence-corrected chi connectivity index (χ1v) is 16.5. The smallest absolute Gasteiger partial charge is 0.262 e. The van der Waals surface area contributed by atoms with Crippen LogP contribution >= 0.6 is 23.2 Å². The van der Waals surface area contributed by atoms with Gasteiger partial charge in [0, 0.05) is 84.4 Å². The maximum absolute atomic E-state index is 13.2. The molecule has 1 amide bonds. The second-order valence-corrected chi connectivity index (χ2v) is 12.6. The Morgan fingerprint density at radius 3 is 2.40 bits per heavy atom. The first kappa shape index (κ1) is 33.6. The van der Waals surface area contributed by atoms with Crippen LogP contribution in [-0.4, -0.2) is 57.7 Å². The number of hydrogen-bond donors (Lipinski definition) is 4. The number of amides is 1. The third kappa shape index (κ3) is 7.23. The van der Waals surface area contributed by atoms with Crippen LogP contribution in [0.1, 0.15) is 30.9 Å². The SMILES string of the molecule is COc1nc(-c2cccc(-c3cccc(-c4ccn5c(=O)c(CNC[C@H]6CCC(=O)N6)cnc5c4)c3Cl)c2Cl)ccc1CNC[C@H](C)O. The number of carbonyl (C=O) groups is 1. The molecule has 5 aromatic rings. The maximum atomic E-state index is 13.2. The number of methoxy groups -OCH3 is 1. The van der Waals surface area contributed by atoms with Crippen LogP contribution in [0.2, 0.25) is 10.0 Å². The first-order valence-electron chi connectivity index (χ1n) is 15.7. The van der Waals surface area contributed by atoms with Crippen LogP contribution in [0.25, 0.3) is 39.2 Å². The van der Waals surface area contributed by atoms with E-state index >= 15 is 0 Å². The van der Waals surface area contributed by atoms with Gasteiger partial charge in [-0.25, -0.2) is 9.97 Å². The van der Waals surface area contributed by atoms with Crippen molar-refractivity contribution in [2.75, 3.05) is 20.2 Å². The Morgan fingerprint density at radius 2 is 1.69 bits per heavy atom. The van der Waals surface area contributed by atoms with Gasteiger partial charge in [0.1, 0.15) is 5.65 Å². The molecule has 1 aliphatic rings. The average Bonchev–Trinajstić information content (AvgIpc) is 3.50. The molecule has 48 heavy (non-hydrogen) atoms. The number of benzene rings is 2. The van der Waals surface area contributed by atoms with Crippen LogP contribution in [0.4, 0.5) is 0 Å². The predicted octanol–water partition coefficient (Wildman–Crippen LogP) is 5.24. The molecular formula is C36H36Cl2N6O4. The van der Waals surface area contributed by atoms with Gasteiger partial charge in [-0.15, -0.1) is 0 Å². The fourth-order valence-corrected chi connectivity index (χ4v) is 6.52. The third-order valence-corrected chi connectivity index (χ3v) is 9.15. The number of pyridine rings is 2. The average molecular weight is 688 g/mol. The Kier molecular flexibility index (Phi) is 10.4. The van der Waals surface area contributed by atoms with E-state index in [1.54, 1.807) is 26.4 Å². The minimum Gasteiger partial charge on any atom is -0.481 e. The van der Waals surface area contributed by atoms with Crippen molar-refractivity contribution in [2.45, 2.75) is 45.0 Å². The summed E-state index contributed by atoms with van der Waals surface area (Å²) < 4.78 is 7.09. The zero-order valence-corrected chi connectivity index (χ0v) is 28.1. The summed E-state index contributed by atoms with van der Waals surface area (Å²) in [5.74, 6) is 0.532. The van der Waals surface area contributed by atoms with E-state index in [9.17, 15) is 14.7 Å². The summed E-state index contributed by atoms with van der Waals surface area (Å²) in [6, 6.07) is 19.1. The summed E-state index contributed by atoms with van der Waals surface area (Å²) in [6.45, 7) is 3.62. The molecule has 248 valence electrons. The van der Waals surface area contributed by atoms with Crippen molar-refractivity contribution in [3.63, 3.8) is 0 Å². The van der Waals surface area contributed by atoms with Gasteiger partial charge in [0.2, 0.25) is 11.8 Å². The van der Waals surface area contributed by atoms with Crippen LogP contribution in [-0.2, 0) is 17.9 Å². The van der Waals surface area contributed by atoms with Crippen LogP contribution in [0.15, 0.2) is 77.9 Å². The van der Waals surface area contributed by atoms with Gasteiger partial charge in [-0.1, -0.05) is 65.7 Å². The lowest BCUT2D eigenvalue weighted by atomic mass is 9.97. The summed E-state index contributed by atoms with van der Waals surface area (Å²) in [4.78, 5) is 34.0. The minimum absolute atomic E-state index is 0.0614. The molecule has 4 N–H and O–H groups in total. The molecule has 1 aliphatic heterocycles. The number of rotatable bonds is 12. The Balaban J connectivity index is 1.25. The largest absolute Gasteiger partial charge is 0.481 e. The lowest BCUT2D eigenvalue weighted by Crippen LogP contribution is -2.36. The second-order valence-electron chi connectivity index (χ2n) is 11.8. The zero-order chi connectivity index (χ0) is 33.8. The molecule has 2 aromatic carbocycles. The van der Waals surface area contributed by atoms with Crippen molar-refractivity contribution < 1.29 is 14.6 Å². The number of carbonyl (C=O) groups excluding carboxylic acids is 1. The van der Waals surface area contributed by atoms with Crippen molar-refractivity contribution in [1.29, 1.82) is 0 Å². The zero-order valence-electron chi connectivity index (χ0n) is 26.6. The summed E-state index contributed by atoms with van der Waals surface area (Å²) in [5, 5.41) is 19.9. The van der Waals surface area contributed by atoms with E-state index in [0.717, 1.165) is 39.8 Å². The Bertz CT molecular complexity index is 2030. The Morgan fingerprint density at radius 1 is 0.979 bits per heavy atom. The molecule has 12 heteroatoms. The van der Waals surface area contributed by atoms with E-state index in [4.69, 9.17) is 32.9 Å². The molecule has 1 saturated heterocycles. The highest BCUT2D eigenvalue weighted by atomic mass is 35.5. The monoisotopic (exact) mass is 686 g/mol. The fourth-order valence-electron chi connectivity index (χ4n) is 5.86. The summed E-state index contributed by atoms with van der Waals surface area (Å²) in [7, 11) is 1.57. The van der Waals surface area contributed by atoms with Crippen LogP contribution < -0.4 is 26.2 Å². The highest BCUT2D eigenvalue weighted by Crippen LogP contribution is 2.42. The third-order valence-electron chi connectivity index (χ3n) is 8.33. The van der Waals surface area contributed by atoms with E-state index < -0.39 is 6.10 Å². The molecule has 0 aliphatic carbocycles. The second kappa shape index (κ2) is 14.8. The number of aliphatic hydroxyl groups excluding tert-OH is 1. The van der Waals surface area contributed by atoms with Gasteiger partial charge in [-0.2, -0.15) is 0 Å². The molecule has 3 aromatic heterocycles. The van der Waals surface area contributed by atoms with Gasteiger partial charge in [0.05, 0.1) is 29.0 Å². The molecular weight excluding hydrogens is 651 g/mol. The Labute approximate surface area is 288 Å². The number of halogens is 2. The highest BCUT2D eigenvalue weighted by Gasteiger charge is 2.21. The van der Waals surface area contributed by atoms with E-state index in [2.05, 4.69) is 20.9 Å². The number of nitrogens with one attached hydrogen (secondary N) is 3. The molecule has 0 radical (unpaired) electrons. The van der Waals surface area contributed by atoms with Crippen LogP contribution in [0.5, 0.6) is 5.88 Å². The predicted molar refractivity (Wildman–Crippen MR) is 188 cm³/mol.